The lowest BCUT2D eigenvalue weighted by Gasteiger charge is -2.31. The Hall–Kier alpha value is -1.42. The number of ether oxygens (including phenoxy) is 3. The second-order valence-corrected chi connectivity index (χ2v) is 6.63. The van der Waals surface area contributed by atoms with Crippen LogP contribution in [0.2, 0.25) is 0 Å². The molecule has 0 radical (unpaired) electrons. The van der Waals surface area contributed by atoms with Gasteiger partial charge in [-0.3, -0.25) is 0 Å². The lowest BCUT2D eigenvalue weighted by Crippen LogP contribution is -2.46. The Labute approximate surface area is 126 Å². The van der Waals surface area contributed by atoms with Crippen LogP contribution >= 0.6 is 0 Å². The molecule has 4 nitrogen and oxygen atoms in total. The number of nitrogens with one attached hydrogen (secondary N) is 1. The summed E-state index contributed by atoms with van der Waals surface area (Å²) in [6, 6.07) is 6.22. The van der Waals surface area contributed by atoms with Crippen molar-refractivity contribution in [3.63, 3.8) is 0 Å². The molecule has 3 rings (SSSR count). The summed E-state index contributed by atoms with van der Waals surface area (Å²) < 4.78 is 17.0. The first-order chi connectivity index (χ1) is 10.1. The van der Waals surface area contributed by atoms with E-state index in [0.717, 1.165) is 36.6 Å². The molecule has 1 aromatic rings. The molecule has 2 aliphatic rings. The fourth-order valence-electron chi connectivity index (χ4n) is 3.30. The van der Waals surface area contributed by atoms with Crippen LogP contribution in [0.25, 0.3) is 0 Å². The van der Waals surface area contributed by atoms with Crippen molar-refractivity contribution in [1.82, 2.24) is 5.32 Å². The molecule has 1 fully saturated rings. The highest BCUT2D eigenvalue weighted by molar-refractivity contribution is 5.47. The van der Waals surface area contributed by atoms with Crippen LogP contribution in [-0.2, 0) is 0 Å². The summed E-state index contributed by atoms with van der Waals surface area (Å²) in [5.41, 5.74) is 0.274. The zero-order valence-electron chi connectivity index (χ0n) is 13.1. The Bertz CT molecular complexity index is 501. The molecule has 1 saturated carbocycles. The van der Waals surface area contributed by atoms with Crippen molar-refractivity contribution in [1.29, 1.82) is 0 Å². The number of fused-ring (bicyclic) bond motifs is 1. The predicted molar refractivity (Wildman–Crippen MR) is 82.1 cm³/mol. The maximum Gasteiger partial charge on any atom is 0.231 e. The number of benzene rings is 1. The minimum atomic E-state index is 0.215. The summed E-state index contributed by atoms with van der Waals surface area (Å²) in [7, 11) is 0. The van der Waals surface area contributed by atoms with Crippen LogP contribution in [0.3, 0.4) is 0 Å². The molecule has 4 heteroatoms. The van der Waals surface area contributed by atoms with Gasteiger partial charge in [-0.2, -0.15) is 0 Å². The summed E-state index contributed by atoms with van der Waals surface area (Å²) in [5, 5.41) is 3.66. The van der Waals surface area contributed by atoms with E-state index in [9.17, 15) is 0 Å². The van der Waals surface area contributed by atoms with E-state index in [1.807, 2.05) is 18.2 Å². The molecule has 0 bridgehead atoms. The van der Waals surface area contributed by atoms with E-state index in [4.69, 9.17) is 14.2 Å². The lowest BCUT2D eigenvalue weighted by atomic mass is 9.87. The monoisotopic (exact) mass is 291 g/mol. The number of hydrogen-bond acceptors (Lipinski definition) is 4. The standard InChI is InChI=1S/C17H25NO3/c1-4-9-18-16-14(7-8-17(16,2)3)21-12-5-6-13-15(10-12)20-11-19-13/h5-6,10,14,16,18H,4,7-9,11H2,1-3H3. The van der Waals surface area contributed by atoms with Crippen molar-refractivity contribution in [2.24, 2.45) is 5.41 Å². The minimum absolute atomic E-state index is 0.215. The molecule has 1 N–H and O–H groups in total. The van der Waals surface area contributed by atoms with Gasteiger partial charge in [0, 0.05) is 12.1 Å². The molecule has 0 spiro atoms. The maximum absolute atomic E-state index is 6.25. The summed E-state index contributed by atoms with van der Waals surface area (Å²) >= 11 is 0. The fraction of sp³-hybridized carbons (Fsp3) is 0.647. The van der Waals surface area contributed by atoms with Crippen molar-refractivity contribution < 1.29 is 14.2 Å². The molecule has 21 heavy (non-hydrogen) atoms. The van der Waals surface area contributed by atoms with Crippen molar-refractivity contribution in [3.05, 3.63) is 18.2 Å². The van der Waals surface area contributed by atoms with Crippen LogP contribution < -0.4 is 19.5 Å². The van der Waals surface area contributed by atoms with Crippen LogP contribution in [0.15, 0.2) is 18.2 Å². The molecule has 1 aliphatic carbocycles. The minimum Gasteiger partial charge on any atom is -0.489 e. The Morgan fingerprint density at radius 3 is 2.90 bits per heavy atom. The molecule has 0 amide bonds. The van der Waals surface area contributed by atoms with E-state index in [-0.39, 0.29) is 11.5 Å². The molecule has 0 aromatic heterocycles. The van der Waals surface area contributed by atoms with Gasteiger partial charge in [0.15, 0.2) is 11.5 Å². The first kappa shape index (κ1) is 14.5. The smallest absolute Gasteiger partial charge is 0.231 e. The molecule has 1 heterocycles. The summed E-state index contributed by atoms with van der Waals surface area (Å²) in [6.07, 6.45) is 3.63. The predicted octanol–water partition coefficient (Wildman–Crippen LogP) is 3.35. The van der Waals surface area contributed by atoms with Gasteiger partial charge in [-0.15, -0.1) is 0 Å². The van der Waals surface area contributed by atoms with Crippen LogP contribution in [-0.4, -0.2) is 25.5 Å². The van der Waals surface area contributed by atoms with Crippen LogP contribution in [0.5, 0.6) is 17.2 Å². The highest BCUT2D eigenvalue weighted by Gasteiger charge is 2.43. The van der Waals surface area contributed by atoms with E-state index in [1.54, 1.807) is 0 Å². The normalized spacial score (nSPS) is 26.0. The van der Waals surface area contributed by atoms with Gasteiger partial charge in [0.1, 0.15) is 11.9 Å². The Kier molecular flexibility index (Phi) is 3.98. The van der Waals surface area contributed by atoms with Crippen LogP contribution in [0.4, 0.5) is 0 Å². The highest BCUT2D eigenvalue weighted by atomic mass is 16.7. The van der Waals surface area contributed by atoms with Gasteiger partial charge >= 0.3 is 0 Å². The van der Waals surface area contributed by atoms with E-state index >= 15 is 0 Å². The van der Waals surface area contributed by atoms with E-state index < -0.39 is 0 Å². The number of hydrogen-bond donors (Lipinski definition) is 1. The Morgan fingerprint density at radius 2 is 2.10 bits per heavy atom. The molecule has 1 aromatic carbocycles. The first-order valence-electron chi connectivity index (χ1n) is 7.90. The third-order valence-electron chi connectivity index (χ3n) is 4.53. The van der Waals surface area contributed by atoms with Crippen LogP contribution in [0.1, 0.15) is 40.0 Å². The Morgan fingerprint density at radius 1 is 1.29 bits per heavy atom. The molecule has 1 aliphatic heterocycles. The second kappa shape index (κ2) is 5.76. The largest absolute Gasteiger partial charge is 0.489 e. The molecule has 0 saturated heterocycles. The van der Waals surface area contributed by atoms with Crippen molar-refractivity contribution >= 4 is 0 Å². The lowest BCUT2D eigenvalue weighted by molar-refractivity contribution is 0.140. The van der Waals surface area contributed by atoms with Gasteiger partial charge in [0.2, 0.25) is 6.79 Å². The third-order valence-corrected chi connectivity index (χ3v) is 4.53. The van der Waals surface area contributed by atoms with Gasteiger partial charge in [0.05, 0.1) is 0 Å². The molecular formula is C17H25NO3. The molecular weight excluding hydrogens is 266 g/mol. The SMILES string of the molecule is CCCNC1C(Oc2ccc3c(c2)OCO3)CCC1(C)C. The van der Waals surface area contributed by atoms with Crippen LogP contribution in [0, 0.1) is 5.41 Å². The van der Waals surface area contributed by atoms with Gasteiger partial charge in [-0.25, -0.2) is 0 Å². The van der Waals surface area contributed by atoms with Gasteiger partial charge in [-0.1, -0.05) is 20.8 Å². The maximum atomic E-state index is 6.25. The topological polar surface area (TPSA) is 39.7 Å². The average molecular weight is 291 g/mol. The summed E-state index contributed by atoms with van der Waals surface area (Å²) in [5.74, 6) is 2.45. The summed E-state index contributed by atoms with van der Waals surface area (Å²) in [4.78, 5) is 0. The van der Waals surface area contributed by atoms with Crippen molar-refractivity contribution in [3.8, 4) is 17.2 Å². The van der Waals surface area contributed by atoms with E-state index in [1.165, 1.54) is 6.42 Å². The quantitative estimate of drug-likeness (QED) is 0.903. The molecule has 116 valence electrons. The van der Waals surface area contributed by atoms with Crippen molar-refractivity contribution in [2.75, 3.05) is 13.3 Å². The second-order valence-electron chi connectivity index (χ2n) is 6.63. The van der Waals surface area contributed by atoms with Gasteiger partial charge in [0.25, 0.3) is 0 Å². The zero-order chi connectivity index (χ0) is 14.9. The fourth-order valence-corrected chi connectivity index (χ4v) is 3.30. The first-order valence-corrected chi connectivity index (χ1v) is 7.90. The zero-order valence-corrected chi connectivity index (χ0v) is 13.1. The van der Waals surface area contributed by atoms with E-state index in [2.05, 4.69) is 26.1 Å². The average Bonchev–Trinajstić information content (AvgIpc) is 3.02. The van der Waals surface area contributed by atoms with Crippen molar-refractivity contribution in [2.45, 2.75) is 52.2 Å². The Balaban J connectivity index is 1.71. The van der Waals surface area contributed by atoms with Gasteiger partial charge in [-0.05, 0) is 43.4 Å². The third kappa shape index (κ3) is 2.95. The molecule has 2 unspecified atom stereocenters. The van der Waals surface area contributed by atoms with E-state index in [0.29, 0.717) is 12.8 Å². The summed E-state index contributed by atoms with van der Waals surface area (Å²) in [6.45, 7) is 8.18. The highest BCUT2D eigenvalue weighted by Crippen LogP contribution is 2.41. The number of rotatable bonds is 5. The molecule has 2 atom stereocenters. The van der Waals surface area contributed by atoms with Gasteiger partial charge < -0.3 is 19.5 Å².